The van der Waals surface area contributed by atoms with Crippen molar-refractivity contribution in [2.24, 2.45) is 0 Å². The van der Waals surface area contributed by atoms with Crippen LogP contribution in [0.3, 0.4) is 0 Å². The Morgan fingerprint density at radius 3 is 2.56 bits per heavy atom. The first-order valence-electron chi connectivity index (χ1n) is 5.60. The molecule has 0 aromatic heterocycles. The molecule has 0 spiro atoms. The number of hydrogen-bond donors (Lipinski definition) is 1. The summed E-state index contributed by atoms with van der Waals surface area (Å²) in [6, 6.07) is 8.36. The van der Waals surface area contributed by atoms with E-state index in [1.807, 2.05) is 32.2 Å². The van der Waals surface area contributed by atoms with E-state index in [9.17, 15) is 0 Å². The molecule has 1 aromatic carbocycles. The number of nitrogens with one attached hydrogen (secondary N) is 1. The lowest BCUT2D eigenvalue weighted by atomic mass is 10.1. The molecule has 3 nitrogen and oxygen atoms in total. The highest BCUT2D eigenvalue weighted by atomic mass is 16.5. The van der Waals surface area contributed by atoms with Crippen LogP contribution in [0.4, 0.5) is 0 Å². The Morgan fingerprint density at radius 2 is 1.94 bits per heavy atom. The van der Waals surface area contributed by atoms with Crippen LogP contribution in [0.2, 0.25) is 0 Å². The zero-order valence-corrected chi connectivity index (χ0v) is 10.5. The summed E-state index contributed by atoms with van der Waals surface area (Å²) in [6.07, 6.45) is 0.109. The second-order valence-electron chi connectivity index (χ2n) is 3.91. The second kappa shape index (κ2) is 6.51. The zero-order valence-electron chi connectivity index (χ0n) is 10.5. The molecule has 0 aliphatic heterocycles. The predicted octanol–water partition coefficient (Wildman–Crippen LogP) is 2.38. The summed E-state index contributed by atoms with van der Waals surface area (Å²) in [7, 11) is 3.63. The minimum Gasteiger partial charge on any atom is -0.491 e. The number of ether oxygens (including phenoxy) is 2. The molecule has 2 unspecified atom stereocenters. The van der Waals surface area contributed by atoms with Gasteiger partial charge in [-0.3, -0.25) is 0 Å². The number of benzene rings is 1. The molecule has 1 N–H and O–H groups in total. The third kappa shape index (κ3) is 3.51. The number of rotatable bonds is 6. The van der Waals surface area contributed by atoms with Crippen molar-refractivity contribution in [3.63, 3.8) is 0 Å². The standard InChI is InChI=1S/C13H21NO2/c1-10(15-4)9-16-13-8-6-5-7-12(13)11(2)14-3/h5-8,10-11,14H,9H2,1-4H3. The lowest BCUT2D eigenvalue weighted by Gasteiger charge is -2.18. The predicted molar refractivity (Wildman–Crippen MR) is 65.9 cm³/mol. The third-order valence-electron chi connectivity index (χ3n) is 2.69. The van der Waals surface area contributed by atoms with E-state index in [2.05, 4.69) is 18.3 Å². The van der Waals surface area contributed by atoms with Gasteiger partial charge in [-0.2, -0.15) is 0 Å². The van der Waals surface area contributed by atoms with Crippen molar-refractivity contribution in [3.05, 3.63) is 29.8 Å². The van der Waals surface area contributed by atoms with Crippen LogP contribution in [0.15, 0.2) is 24.3 Å². The van der Waals surface area contributed by atoms with Crippen molar-refractivity contribution in [2.45, 2.75) is 26.0 Å². The Kier molecular flexibility index (Phi) is 5.29. The van der Waals surface area contributed by atoms with Crippen LogP contribution in [0.5, 0.6) is 5.75 Å². The number of hydrogen-bond acceptors (Lipinski definition) is 3. The third-order valence-corrected chi connectivity index (χ3v) is 2.69. The normalized spacial score (nSPS) is 14.5. The van der Waals surface area contributed by atoms with Crippen molar-refractivity contribution in [2.75, 3.05) is 20.8 Å². The van der Waals surface area contributed by atoms with E-state index in [0.29, 0.717) is 6.61 Å². The second-order valence-corrected chi connectivity index (χ2v) is 3.91. The van der Waals surface area contributed by atoms with Gasteiger partial charge in [-0.15, -0.1) is 0 Å². The van der Waals surface area contributed by atoms with Gasteiger partial charge >= 0.3 is 0 Å². The average molecular weight is 223 g/mol. The highest BCUT2D eigenvalue weighted by Crippen LogP contribution is 2.24. The van der Waals surface area contributed by atoms with Crippen LogP contribution in [0.25, 0.3) is 0 Å². The first-order chi connectivity index (χ1) is 7.69. The smallest absolute Gasteiger partial charge is 0.124 e. The largest absolute Gasteiger partial charge is 0.491 e. The quantitative estimate of drug-likeness (QED) is 0.803. The molecule has 0 aliphatic carbocycles. The van der Waals surface area contributed by atoms with Gasteiger partial charge in [0, 0.05) is 18.7 Å². The van der Waals surface area contributed by atoms with Crippen molar-refractivity contribution >= 4 is 0 Å². The van der Waals surface area contributed by atoms with Crippen LogP contribution in [0.1, 0.15) is 25.5 Å². The lowest BCUT2D eigenvalue weighted by molar-refractivity contribution is 0.0711. The summed E-state index contributed by atoms with van der Waals surface area (Å²) in [5.41, 5.74) is 1.17. The molecule has 90 valence electrons. The fourth-order valence-corrected chi connectivity index (χ4v) is 1.40. The number of methoxy groups -OCH3 is 1. The van der Waals surface area contributed by atoms with Crippen LogP contribution >= 0.6 is 0 Å². The molecule has 0 amide bonds. The Morgan fingerprint density at radius 1 is 1.25 bits per heavy atom. The molecule has 0 aliphatic rings. The maximum Gasteiger partial charge on any atom is 0.124 e. The van der Waals surface area contributed by atoms with Gasteiger partial charge in [0.1, 0.15) is 12.4 Å². The van der Waals surface area contributed by atoms with Gasteiger partial charge in [-0.25, -0.2) is 0 Å². The van der Waals surface area contributed by atoms with Crippen molar-refractivity contribution in [1.82, 2.24) is 5.32 Å². The zero-order chi connectivity index (χ0) is 12.0. The van der Waals surface area contributed by atoms with Crippen LogP contribution in [-0.2, 0) is 4.74 Å². The maximum absolute atomic E-state index is 5.75. The fraction of sp³-hybridized carbons (Fsp3) is 0.538. The molecule has 0 saturated carbocycles. The van der Waals surface area contributed by atoms with Gasteiger partial charge in [-0.1, -0.05) is 18.2 Å². The molecule has 0 fully saturated rings. The minimum atomic E-state index is 0.109. The maximum atomic E-state index is 5.75. The van der Waals surface area contributed by atoms with Gasteiger partial charge in [0.15, 0.2) is 0 Å². The minimum absolute atomic E-state index is 0.109. The highest BCUT2D eigenvalue weighted by molar-refractivity contribution is 5.35. The van der Waals surface area contributed by atoms with E-state index in [1.165, 1.54) is 5.56 Å². The lowest BCUT2D eigenvalue weighted by Crippen LogP contribution is -2.18. The molecular weight excluding hydrogens is 202 g/mol. The monoisotopic (exact) mass is 223 g/mol. The first-order valence-corrected chi connectivity index (χ1v) is 5.60. The molecule has 1 rings (SSSR count). The van der Waals surface area contributed by atoms with E-state index < -0.39 is 0 Å². The van der Waals surface area contributed by atoms with Crippen molar-refractivity contribution in [1.29, 1.82) is 0 Å². The first kappa shape index (κ1) is 13.0. The summed E-state index contributed by atoms with van der Waals surface area (Å²) < 4.78 is 10.9. The molecule has 16 heavy (non-hydrogen) atoms. The average Bonchev–Trinajstić information content (AvgIpc) is 2.35. The van der Waals surface area contributed by atoms with E-state index in [0.717, 1.165) is 5.75 Å². The summed E-state index contributed by atoms with van der Waals surface area (Å²) in [5.74, 6) is 0.924. The Balaban J connectivity index is 2.71. The van der Waals surface area contributed by atoms with Gasteiger partial charge in [0.25, 0.3) is 0 Å². The van der Waals surface area contributed by atoms with E-state index in [1.54, 1.807) is 7.11 Å². The van der Waals surface area contributed by atoms with Gasteiger partial charge in [-0.05, 0) is 27.0 Å². The molecular formula is C13H21NO2. The molecule has 0 heterocycles. The van der Waals surface area contributed by atoms with E-state index in [4.69, 9.17) is 9.47 Å². The van der Waals surface area contributed by atoms with E-state index in [-0.39, 0.29) is 12.1 Å². The van der Waals surface area contributed by atoms with Gasteiger partial charge in [0.05, 0.1) is 6.10 Å². The fourth-order valence-electron chi connectivity index (χ4n) is 1.40. The molecule has 2 atom stereocenters. The summed E-state index contributed by atoms with van der Waals surface area (Å²) in [6.45, 7) is 4.68. The number of para-hydroxylation sites is 1. The Hall–Kier alpha value is -1.06. The van der Waals surface area contributed by atoms with Gasteiger partial charge < -0.3 is 14.8 Å². The molecule has 0 radical (unpaired) electrons. The van der Waals surface area contributed by atoms with Crippen molar-refractivity contribution < 1.29 is 9.47 Å². The van der Waals surface area contributed by atoms with Crippen LogP contribution < -0.4 is 10.1 Å². The van der Waals surface area contributed by atoms with E-state index >= 15 is 0 Å². The topological polar surface area (TPSA) is 30.5 Å². The molecule has 0 saturated heterocycles. The Labute approximate surface area is 97.8 Å². The Bertz CT molecular complexity index is 315. The van der Waals surface area contributed by atoms with Gasteiger partial charge in [0.2, 0.25) is 0 Å². The molecule has 3 heteroatoms. The van der Waals surface area contributed by atoms with Crippen molar-refractivity contribution in [3.8, 4) is 5.75 Å². The van der Waals surface area contributed by atoms with Crippen LogP contribution in [-0.4, -0.2) is 26.9 Å². The summed E-state index contributed by atoms with van der Waals surface area (Å²) in [4.78, 5) is 0. The molecule has 0 bridgehead atoms. The SMILES string of the molecule is CNC(C)c1ccccc1OCC(C)OC. The highest BCUT2D eigenvalue weighted by Gasteiger charge is 2.10. The van der Waals surface area contributed by atoms with Crippen LogP contribution in [0, 0.1) is 0 Å². The summed E-state index contributed by atoms with van der Waals surface area (Å²) >= 11 is 0. The molecule has 1 aromatic rings. The summed E-state index contributed by atoms with van der Waals surface area (Å²) in [5, 5.41) is 3.21.